The summed E-state index contributed by atoms with van der Waals surface area (Å²) in [6.45, 7) is 1.71. The summed E-state index contributed by atoms with van der Waals surface area (Å²) in [7, 11) is 0. The molecule has 0 fully saturated rings. The van der Waals surface area contributed by atoms with E-state index in [1.807, 2.05) is 0 Å². The lowest BCUT2D eigenvalue weighted by Crippen LogP contribution is -2.22. The Morgan fingerprint density at radius 1 is 1.56 bits per heavy atom. The van der Waals surface area contributed by atoms with Crippen molar-refractivity contribution in [1.29, 1.82) is 0 Å². The number of carbonyl (C=O) groups is 1. The van der Waals surface area contributed by atoms with Crippen LogP contribution in [0.3, 0.4) is 0 Å². The first-order valence-electron chi connectivity index (χ1n) is 4.59. The van der Waals surface area contributed by atoms with Gasteiger partial charge < -0.3 is 15.3 Å². The summed E-state index contributed by atoms with van der Waals surface area (Å²) in [6, 6.07) is 1.47. The van der Waals surface area contributed by atoms with E-state index >= 15 is 0 Å². The SMILES string of the molecule is Cc1cnc(C(=O)O)c(C(O)C(O)CCl)c1. The number of carboxylic acids is 1. The van der Waals surface area contributed by atoms with Gasteiger partial charge in [-0.25, -0.2) is 9.78 Å². The molecule has 0 aliphatic carbocycles. The van der Waals surface area contributed by atoms with Crippen molar-refractivity contribution in [3.63, 3.8) is 0 Å². The Labute approximate surface area is 97.3 Å². The van der Waals surface area contributed by atoms with Crippen LogP contribution in [0.25, 0.3) is 0 Å². The first-order valence-corrected chi connectivity index (χ1v) is 5.12. The molecule has 1 heterocycles. The van der Waals surface area contributed by atoms with Crippen molar-refractivity contribution >= 4 is 17.6 Å². The van der Waals surface area contributed by atoms with Gasteiger partial charge in [-0.15, -0.1) is 11.6 Å². The van der Waals surface area contributed by atoms with Crippen LogP contribution in [0.5, 0.6) is 0 Å². The van der Waals surface area contributed by atoms with Crippen LogP contribution < -0.4 is 0 Å². The highest BCUT2D eigenvalue weighted by molar-refractivity contribution is 6.18. The number of halogens is 1. The van der Waals surface area contributed by atoms with E-state index < -0.39 is 18.2 Å². The summed E-state index contributed by atoms with van der Waals surface area (Å²) < 4.78 is 0. The number of hydrogen-bond donors (Lipinski definition) is 3. The molecule has 1 aromatic heterocycles. The molecule has 1 aromatic rings. The minimum atomic E-state index is -1.35. The topological polar surface area (TPSA) is 90.7 Å². The van der Waals surface area contributed by atoms with Crippen LogP contribution in [-0.2, 0) is 0 Å². The number of aryl methyl sites for hydroxylation is 1. The van der Waals surface area contributed by atoms with Gasteiger partial charge in [0, 0.05) is 11.8 Å². The predicted octanol–water partition coefficient (Wildman–Crippen LogP) is 0.721. The molecule has 5 nitrogen and oxygen atoms in total. The highest BCUT2D eigenvalue weighted by Gasteiger charge is 2.24. The number of hydrogen-bond acceptors (Lipinski definition) is 4. The summed E-state index contributed by atoms with van der Waals surface area (Å²) in [4.78, 5) is 14.6. The third-order valence-corrected chi connectivity index (χ3v) is 2.41. The molecule has 88 valence electrons. The van der Waals surface area contributed by atoms with Crippen molar-refractivity contribution in [3.05, 3.63) is 29.1 Å². The van der Waals surface area contributed by atoms with E-state index in [-0.39, 0.29) is 17.1 Å². The van der Waals surface area contributed by atoms with Gasteiger partial charge in [-0.1, -0.05) is 0 Å². The highest BCUT2D eigenvalue weighted by Crippen LogP contribution is 2.21. The molecule has 1 rings (SSSR count). The lowest BCUT2D eigenvalue weighted by molar-refractivity contribution is 0.0309. The number of rotatable bonds is 4. The van der Waals surface area contributed by atoms with E-state index in [4.69, 9.17) is 16.7 Å². The molecule has 0 aliphatic heterocycles. The van der Waals surface area contributed by atoms with Crippen LogP contribution in [0, 0.1) is 6.92 Å². The smallest absolute Gasteiger partial charge is 0.354 e. The van der Waals surface area contributed by atoms with Crippen molar-refractivity contribution in [3.8, 4) is 0 Å². The zero-order valence-electron chi connectivity index (χ0n) is 8.59. The number of aliphatic hydroxyl groups is 2. The zero-order chi connectivity index (χ0) is 12.3. The van der Waals surface area contributed by atoms with E-state index in [2.05, 4.69) is 4.98 Å². The van der Waals surface area contributed by atoms with Crippen molar-refractivity contribution in [2.24, 2.45) is 0 Å². The van der Waals surface area contributed by atoms with Crippen molar-refractivity contribution in [2.75, 3.05) is 5.88 Å². The molecular formula is C10H12ClNO4. The van der Waals surface area contributed by atoms with Gasteiger partial charge in [0.05, 0.1) is 12.0 Å². The zero-order valence-corrected chi connectivity index (χ0v) is 9.35. The third-order valence-electron chi connectivity index (χ3n) is 2.10. The molecule has 6 heteroatoms. The number of nitrogens with zero attached hydrogens (tertiary/aromatic N) is 1. The quantitative estimate of drug-likeness (QED) is 0.680. The fraction of sp³-hybridized carbons (Fsp3) is 0.400. The Kier molecular flexibility index (Phi) is 4.23. The van der Waals surface area contributed by atoms with E-state index in [1.54, 1.807) is 6.92 Å². The van der Waals surface area contributed by atoms with Gasteiger partial charge in [0.15, 0.2) is 5.69 Å². The van der Waals surface area contributed by atoms with Gasteiger partial charge in [-0.05, 0) is 18.6 Å². The van der Waals surface area contributed by atoms with Gasteiger partial charge in [-0.3, -0.25) is 0 Å². The van der Waals surface area contributed by atoms with Crippen LogP contribution in [0.1, 0.15) is 27.7 Å². The van der Waals surface area contributed by atoms with Gasteiger partial charge in [0.1, 0.15) is 6.10 Å². The molecule has 2 unspecified atom stereocenters. The number of aromatic carboxylic acids is 1. The molecule has 3 N–H and O–H groups in total. The van der Waals surface area contributed by atoms with Gasteiger partial charge in [0.2, 0.25) is 0 Å². The number of alkyl halides is 1. The fourth-order valence-corrected chi connectivity index (χ4v) is 1.46. The summed E-state index contributed by atoms with van der Waals surface area (Å²) in [5, 5.41) is 28.0. The lowest BCUT2D eigenvalue weighted by Gasteiger charge is -2.17. The average molecular weight is 246 g/mol. The molecule has 0 spiro atoms. The number of aliphatic hydroxyl groups excluding tert-OH is 2. The molecular weight excluding hydrogens is 234 g/mol. The van der Waals surface area contributed by atoms with E-state index in [0.29, 0.717) is 5.56 Å². The molecule has 0 amide bonds. The first-order chi connectivity index (χ1) is 7.47. The number of aromatic nitrogens is 1. The van der Waals surface area contributed by atoms with Crippen molar-refractivity contribution in [2.45, 2.75) is 19.1 Å². The van der Waals surface area contributed by atoms with Crippen molar-refractivity contribution in [1.82, 2.24) is 4.98 Å². The minimum Gasteiger partial charge on any atom is -0.477 e. The van der Waals surface area contributed by atoms with Crippen LogP contribution >= 0.6 is 11.6 Å². The maximum Gasteiger partial charge on any atom is 0.354 e. The second-order valence-electron chi connectivity index (χ2n) is 3.42. The third kappa shape index (κ3) is 2.69. The molecule has 0 saturated carbocycles. The number of pyridine rings is 1. The van der Waals surface area contributed by atoms with Gasteiger partial charge in [-0.2, -0.15) is 0 Å². The highest BCUT2D eigenvalue weighted by atomic mass is 35.5. The molecule has 0 radical (unpaired) electrons. The lowest BCUT2D eigenvalue weighted by atomic mass is 10.0. The molecule has 0 aliphatic rings. The minimum absolute atomic E-state index is 0.0700. The summed E-state index contributed by atoms with van der Waals surface area (Å²) in [6.07, 6.45) is -1.19. The molecule has 16 heavy (non-hydrogen) atoms. The van der Waals surface area contributed by atoms with Crippen LogP contribution in [-0.4, -0.2) is 38.3 Å². The predicted molar refractivity (Wildman–Crippen MR) is 57.6 cm³/mol. The Balaban J connectivity index is 3.19. The normalized spacial score (nSPS) is 14.5. The molecule has 0 saturated heterocycles. The summed E-state index contributed by atoms with van der Waals surface area (Å²) in [5.41, 5.74) is 0.490. The monoisotopic (exact) mass is 245 g/mol. The van der Waals surface area contributed by atoms with Crippen LogP contribution in [0.2, 0.25) is 0 Å². The van der Waals surface area contributed by atoms with E-state index in [0.717, 1.165) is 0 Å². The second kappa shape index (κ2) is 5.25. The summed E-state index contributed by atoms with van der Waals surface area (Å²) in [5.74, 6) is -1.44. The Bertz CT molecular complexity index is 396. The molecule has 0 bridgehead atoms. The number of carboxylic acid groups (broad SMARTS) is 1. The molecule has 2 atom stereocenters. The van der Waals surface area contributed by atoms with Crippen molar-refractivity contribution < 1.29 is 20.1 Å². The van der Waals surface area contributed by atoms with Gasteiger partial charge in [0.25, 0.3) is 0 Å². The fourth-order valence-electron chi connectivity index (χ4n) is 1.29. The largest absolute Gasteiger partial charge is 0.477 e. The Morgan fingerprint density at radius 2 is 2.19 bits per heavy atom. The maximum atomic E-state index is 10.9. The first kappa shape index (κ1) is 12.9. The van der Waals surface area contributed by atoms with Crippen LogP contribution in [0.4, 0.5) is 0 Å². The van der Waals surface area contributed by atoms with E-state index in [1.165, 1.54) is 12.3 Å². The Hall–Kier alpha value is -1.17. The van der Waals surface area contributed by atoms with Gasteiger partial charge >= 0.3 is 5.97 Å². The summed E-state index contributed by atoms with van der Waals surface area (Å²) >= 11 is 5.39. The van der Waals surface area contributed by atoms with E-state index in [9.17, 15) is 15.0 Å². The average Bonchev–Trinajstić information content (AvgIpc) is 2.26. The maximum absolute atomic E-state index is 10.9. The second-order valence-corrected chi connectivity index (χ2v) is 3.73. The standard InChI is InChI=1S/C10H12ClNO4/c1-5-2-6(9(14)7(13)3-11)8(10(15)16)12-4-5/h2,4,7,9,13-14H,3H2,1H3,(H,15,16). The van der Waals surface area contributed by atoms with Crippen LogP contribution in [0.15, 0.2) is 12.3 Å². The Morgan fingerprint density at radius 3 is 2.69 bits per heavy atom. The molecule has 0 aromatic carbocycles.